The molecule has 0 radical (unpaired) electrons. The van der Waals surface area contributed by atoms with E-state index in [4.69, 9.17) is 0 Å². The molecule has 1 fully saturated rings. The highest BCUT2D eigenvalue weighted by atomic mass is 79.9. The summed E-state index contributed by atoms with van der Waals surface area (Å²) in [5.41, 5.74) is 0.218. The second-order valence-electron chi connectivity index (χ2n) is 5.36. The van der Waals surface area contributed by atoms with E-state index in [2.05, 4.69) is 31.7 Å². The molecule has 1 saturated carbocycles. The van der Waals surface area contributed by atoms with Crippen LogP contribution in [0.15, 0.2) is 15.5 Å². The van der Waals surface area contributed by atoms with Crippen LogP contribution in [0.3, 0.4) is 0 Å². The van der Waals surface area contributed by atoms with Gasteiger partial charge in [0.2, 0.25) is 5.91 Å². The predicted octanol–water partition coefficient (Wildman–Crippen LogP) is 1.74. The Hall–Kier alpha value is -1.37. The van der Waals surface area contributed by atoms with E-state index in [0.29, 0.717) is 29.2 Å². The van der Waals surface area contributed by atoms with E-state index < -0.39 is 0 Å². The molecule has 1 aromatic rings. The minimum absolute atomic E-state index is 0.0846. The number of carbonyl (C=O) groups excluding carboxylic acids is 1. The number of nitrogens with zero attached hydrogens (tertiary/aromatic N) is 2. The SMILES string of the molecule is CCCNC(=O)CNc1c(Br)cnn(CC2CCC2)c1=O. The zero-order chi connectivity index (χ0) is 15.2. The summed E-state index contributed by atoms with van der Waals surface area (Å²) in [5.74, 6) is 0.433. The molecule has 0 aromatic carbocycles. The molecule has 0 bridgehead atoms. The number of hydrogen-bond acceptors (Lipinski definition) is 4. The molecular formula is C14H21BrN4O2. The lowest BCUT2D eigenvalue weighted by Gasteiger charge is -2.25. The normalized spacial score (nSPS) is 14.6. The highest BCUT2D eigenvalue weighted by Crippen LogP contribution is 2.27. The van der Waals surface area contributed by atoms with E-state index in [9.17, 15) is 9.59 Å². The Morgan fingerprint density at radius 3 is 2.90 bits per heavy atom. The van der Waals surface area contributed by atoms with Gasteiger partial charge in [-0.2, -0.15) is 5.10 Å². The van der Waals surface area contributed by atoms with Crippen LogP contribution in [-0.2, 0) is 11.3 Å². The van der Waals surface area contributed by atoms with Gasteiger partial charge < -0.3 is 10.6 Å². The molecule has 0 saturated heterocycles. The number of nitrogens with one attached hydrogen (secondary N) is 2. The van der Waals surface area contributed by atoms with E-state index in [1.54, 1.807) is 6.20 Å². The third-order valence-corrected chi connectivity index (χ3v) is 4.25. The summed E-state index contributed by atoms with van der Waals surface area (Å²) in [6.07, 6.45) is 6.04. The lowest BCUT2D eigenvalue weighted by molar-refractivity contribution is -0.119. The van der Waals surface area contributed by atoms with Crippen molar-refractivity contribution in [2.75, 3.05) is 18.4 Å². The van der Waals surface area contributed by atoms with Crippen molar-refractivity contribution in [3.8, 4) is 0 Å². The van der Waals surface area contributed by atoms with Crippen molar-refractivity contribution in [2.45, 2.75) is 39.2 Å². The van der Waals surface area contributed by atoms with Gasteiger partial charge in [0.1, 0.15) is 5.69 Å². The van der Waals surface area contributed by atoms with Crippen molar-refractivity contribution in [1.29, 1.82) is 0 Å². The fraction of sp³-hybridized carbons (Fsp3) is 0.643. The molecule has 1 aliphatic carbocycles. The summed E-state index contributed by atoms with van der Waals surface area (Å²) in [6, 6.07) is 0. The minimum atomic E-state index is -0.181. The van der Waals surface area contributed by atoms with Crippen LogP contribution in [0.25, 0.3) is 0 Å². The summed E-state index contributed by atoms with van der Waals surface area (Å²) in [4.78, 5) is 24.0. The van der Waals surface area contributed by atoms with Gasteiger partial charge >= 0.3 is 0 Å². The zero-order valence-electron chi connectivity index (χ0n) is 12.2. The third kappa shape index (κ3) is 4.30. The second kappa shape index (κ2) is 7.59. The maximum atomic E-state index is 12.4. The van der Waals surface area contributed by atoms with E-state index >= 15 is 0 Å². The first-order chi connectivity index (χ1) is 10.1. The topological polar surface area (TPSA) is 76.0 Å². The molecule has 0 unspecified atom stereocenters. The molecule has 21 heavy (non-hydrogen) atoms. The van der Waals surface area contributed by atoms with Crippen LogP contribution < -0.4 is 16.2 Å². The fourth-order valence-corrected chi connectivity index (χ4v) is 2.58. The largest absolute Gasteiger partial charge is 0.371 e. The summed E-state index contributed by atoms with van der Waals surface area (Å²) >= 11 is 3.31. The van der Waals surface area contributed by atoms with Gasteiger partial charge in [-0.1, -0.05) is 13.3 Å². The van der Waals surface area contributed by atoms with Gasteiger partial charge in [0.15, 0.2) is 0 Å². The van der Waals surface area contributed by atoms with Crippen molar-refractivity contribution in [3.63, 3.8) is 0 Å². The average Bonchev–Trinajstić information content (AvgIpc) is 2.42. The molecule has 0 atom stereocenters. The molecule has 1 heterocycles. The number of anilines is 1. The molecule has 6 nitrogen and oxygen atoms in total. The van der Waals surface area contributed by atoms with E-state index in [1.165, 1.54) is 11.1 Å². The summed E-state index contributed by atoms with van der Waals surface area (Å²) in [6.45, 7) is 3.38. The van der Waals surface area contributed by atoms with Gasteiger partial charge in [-0.05, 0) is 41.1 Å². The van der Waals surface area contributed by atoms with Crippen molar-refractivity contribution in [1.82, 2.24) is 15.1 Å². The second-order valence-corrected chi connectivity index (χ2v) is 6.21. The van der Waals surface area contributed by atoms with Gasteiger partial charge in [0.05, 0.1) is 17.2 Å². The lowest BCUT2D eigenvalue weighted by atomic mass is 9.85. The van der Waals surface area contributed by atoms with Crippen molar-refractivity contribution in [3.05, 3.63) is 21.0 Å². The van der Waals surface area contributed by atoms with Crippen molar-refractivity contribution in [2.24, 2.45) is 5.92 Å². The van der Waals surface area contributed by atoms with Crippen LogP contribution in [0, 0.1) is 5.92 Å². The average molecular weight is 357 g/mol. The number of hydrogen-bond donors (Lipinski definition) is 2. The van der Waals surface area contributed by atoms with Crippen LogP contribution >= 0.6 is 15.9 Å². The number of rotatable bonds is 7. The van der Waals surface area contributed by atoms with Crippen molar-refractivity contribution >= 4 is 27.5 Å². The lowest BCUT2D eigenvalue weighted by Crippen LogP contribution is -2.34. The van der Waals surface area contributed by atoms with E-state index in [0.717, 1.165) is 19.3 Å². The number of amides is 1. The van der Waals surface area contributed by atoms with E-state index in [-0.39, 0.29) is 18.0 Å². The van der Waals surface area contributed by atoms with Crippen molar-refractivity contribution < 1.29 is 4.79 Å². The summed E-state index contributed by atoms with van der Waals surface area (Å²) < 4.78 is 2.07. The first kappa shape index (κ1) is 16.0. The van der Waals surface area contributed by atoms with Crippen LogP contribution in [-0.4, -0.2) is 28.8 Å². The monoisotopic (exact) mass is 356 g/mol. The minimum Gasteiger partial charge on any atom is -0.371 e. The molecule has 1 aromatic heterocycles. The zero-order valence-corrected chi connectivity index (χ0v) is 13.8. The molecule has 0 aliphatic heterocycles. The smallest absolute Gasteiger partial charge is 0.291 e. The molecule has 1 amide bonds. The van der Waals surface area contributed by atoms with Gasteiger partial charge in [0, 0.05) is 13.1 Å². The Labute approximate surface area is 132 Å². The Bertz CT molecular complexity index is 554. The van der Waals surface area contributed by atoms with Crippen LogP contribution in [0.5, 0.6) is 0 Å². The fourth-order valence-electron chi connectivity index (χ4n) is 2.17. The van der Waals surface area contributed by atoms with Crippen LogP contribution in [0.1, 0.15) is 32.6 Å². The number of halogens is 1. The Balaban J connectivity index is 2.02. The Morgan fingerprint density at radius 2 is 2.29 bits per heavy atom. The summed E-state index contributed by atoms with van der Waals surface area (Å²) in [7, 11) is 0. The molecule has 7 heteroatoms. The molecule has 116 valence electrons. The maximum absolute atomic E-state index is 12.4. The highest BCUT2D eigenvalue weighted by Gasteiger charge is 2.20. The standard InChI is InChI=1S/C14H21BrN4O2/c1-2-6-16-12(20)8-17-13-11(15)7-18-19(14(13)21)9-10-4-3-5-10/h7,10,17H,2-6,8-9H2,1H3,(H,16,20). The first-order valence-corrected chi connectivity index (χ1v) is 8.17. The van der Waals surface area contributed by atoms with Gasteiger partial charge in [0.25, 0.3) is 5.56 Å². The highest BCUT2D eigenvalue weighted by molar-refractivity contribution is 9.10. The number of aromatic nitrogens is 2. The van der Waals surface area contributed by atoms with Gasteiger partial charge in [-0.3, -0.25) is 9.59 Å². The first-order valence-electron chi connectivity index (χ1n) is 7.38. The molecule has 2 N–H and O–H groups in total. The molecular weight excluding hydrogens is 336 g/mol. The molecule has 2 rings (SSSR count). The van der Waals surface area contributed by atoms with Crippen LogP contribution in [0.4, 0.5) is 5.69 Å². The third-order valence-electron chi connectivity index (χ3n) is 3.65. The molecule has 0 spiro atoms. The quantitative estimate of drug-likeness (QED) is 0.780. The summed E-state index contributed by atoms with van der Waals surface area (Å²) in [5, 5.41) is 9.83. The number of carbonyl (C=O) groups is 1. The molecule has 1 aliphatic rings. The predicted molar refractivity (Wildman–Crippen MR) is 85.3 cm³/mol. The van der Waals surface area contributed by atoms with Gasteiger partial charge in [-0.25, -0.2) is 4.68 Å². The van der Waals surface area contributed by atoms with E-state index in [1.807, 2.05) is 6.92 Å². The van der Waals surface area contributed by atoms with Gasteiger partial charge in [-0.15, -0.1) is 0 Å². The van der Waals surface area contributed by atoms with Crippen LogP contribution in [0.2, 0.25) is 0 Å². The maximum Gasteiger partial charge on any atom is 0.291 e. The Kier molecular flexibility index (Phi) is 5.78. The Morgan fingerprint density at radius 1 is 1.52 bits per heavy atom.